The highest BCUT2D eigenvalue weighted by molar-refractivity contribution is 6.36. The Morgan fingerprint density at radius 1 is 1.18 bits per heavy atom. The second-order valence-electron chi connectivity index (χ2n) is 6.63. The fourth-order valence-corrected chi connectivity index (χ4v) is 3.17. The van der Waals surface area contributed by atoms with E-state index in [0.29, 0.717) is 30.0 Å². The monoisotopic (exact) mass is 381 g/mol. The van der Waals surface area contributed by atoms with Gasteiger partial charge < -0.3 is 26.7 Å². The highest BCUT2D eigenvalue weighted by Gasteiger charge is 2.27. The van der Waals surface area contributed by atoms with Crippen LogP contribution in [0.1, 0.15) is 30.7 Å². The van der Waals surface area contributed by atoms with Gasteiger partial charge in [-0.25, -0.2) is 0 Å². The van der Waals surface area contributed by atoms with Gasteiger partial charge in [0.05, 0.1) is 12.0 Å². The number of aromatic nitrogens is 1. The molecule has 0 spiro atoms. The minimum atomic E-state index is -0.204. The van der Waals surface area contributed by atoms with E-state index in [2.05, 4.69) is 20.9 Å². The van der Waals surface area contributed by atoms with E-state index < -0.39 is 0 Å². The number of hydrogen-bond acceptors (Lipinski definition) is 4. The summed E-state index contributed by atoms with van der Waals surface area (Å²) in [7, 11) is 0. The number of nitrogens with two attached hydrogens (primary N) is 1. The van der Waals surface area contributed by atoms with Crippen LogP contribution in [0.15, 0.2) is 30.5 Å². The Labute approximate surface area is 162 Å². The Kier molecular flexibility index (Phi) is 5.60. The lowest BCUT2D eigenvalue weighted by Crippen LogP contribution is -2.30. The Morgan fingerprint density at radius 2 is 1.96 bits per heavy atom. The van der Waals surface area contributed by atoms with Crippen LogP contribution in [0.2, 0.25) is 0 Å². The summed E-state index contributed by atoms with van der Waals surface area (Å²) >= 11 is 0. The first-order chi connectivity index (χ1) is 13.4. The SMILES string of the molecule is CC(=O)Nc1ccc2c(c1)C(=C(C)c1cc(CC(=O)NCCN)c[nH]1)C(=O)N2. The summed E-state index contributed by atoms with van der Waals surface area (Å²) in [6.07, 6.45) is 1.98. The van der Waals surface area contributed by atoms with E-state index in [9.17, 15) is 14.4 Å². The molecule has 1 aliphatic rings. The summed E-state index contributed by atoms with van der Waals surface area (Å²) in [6, 6.07) is 7.14. The lowest BCUT2D eigenvalue weighted by atomic mass is 9.99. The van der Waals surface area contributed by atoms with Gasteiger partial charge in [0, 0.05) is 48.8 Å². The maximum absolute atomic E-state index is 12.5. The quantitative estimate of drug-likeness (QED) is 0.485. The zero-order valence-electron chi connectivity index (χ0n) is 15.8. The second-order valence-corrected chi connectivity index (χ2v) is 6.63. The number of H-pyrrole nitrogens is 1. The van der Waals surface area contributed by atoms with Crippen LogP contribution in [-0.4, -0.2) is 35.8 Å². The average Bonchev–Trinajstić information content (AvgIpc) is 3.22. The van der Waals surface area contributed by atoms with Crippen LogP contribution < -0.4 is 21.7 Å². The molecule has 0 saturated heterocycles. The molecule has 3 amide bonds. The lowest BCUT2D eigenvalue weighted by Gasteiger charge is -2.07. The topological polar surface area (TPSA) is 129 Å². The van der Waals surface area contributed by atoms with Crippen molar-refractivity contribution in [3.63, 3.8) is 0 Å². The van der Waals surface area contributed by atoms with Gasteiger partial charge in [0.1, 0.15) is 0 Å². The molecule has 8 nitrogen and oxygen atoms in total. The van der Waals surface area contributed by atoms with Crippen molar-refractivity contribution in [3.05, 3.63) is 47.3 Å². The molecule has 2 aromatic rings. The number of fused-ring (bicyclic) bond motifs is 1. The van der Waals surface area contributed by atoms with Gasteiger partial charge in [-0.3, -0.25) is 14.4 Å². The van der Waals surface area contributed by atoms with E-state index >= 15 is 0 Å². The van der Waals surface area contributed by atoms with E-state index in [1.165, 1.54) is 6.92 Å². The third-order valence-corrected chi connectivity index (χ3v) is 4.44. The number of allylic oxidation sites excluding steroid dienone is 1. The molecule has 3 rings (SSSR count). The second kappa shape index (κ2) is 8.10. The van der Waals surface area contributed by atoms with Crippen molar-refractivity contribution in [2.45, 2.75) is 20.3 Å². The van der Waals surface area contributed by atoms with Gasteiger partial charge in [-0.15, -0.1) is 0 Å². The van der Waals surface area contributed by atoms with Crippen molar-refractivity contribution < 1.29 is 14.4 Å². The third kappa shape index (κ3) is 4.12. The van der Waals surface area contributed by atoms with Crippen LogP contribution in [-0.2, 0) is 20.8 Å². The van der Waals surface area contributed by atoms with Gasteiger partial charge in [-0.1, -0.05) is 0 Å². The Bertz CT molecular complexity index is 974. The summed E-state index contributed by atoms with van der Waals surface area (Å²) < 4.78 is 0. The predicted molar refractivity (Wildman–Crippen MR) is 108 cm³/mol. The first-order valence-electron chi connectivity index (χ1n) is 8.97. The number of benzene rings is 1. The summed E-state index contributed by atoms with van der Waals surface area (Å²) in [5, 5.41) is 8.30. The van der Waals surface area contributed by atoms with Crippen molar-refractivity contribution in [2.75, 3.05) is 23.7 Å². The molecular weight excluding hydrogens is 358 g/mol. The number of amides is 3. The van der Waals surface area contributed by atoms with Gasteiger partial charge in [-0.05, 0) is 42.3 Å². The molecule has 1 aromatic carbocycles. The molecule has 0 unspecified atom stereocenters. The summed E-state index contributed by atoms with van der Waals surface area (Å²) in [4.78, 5) is 38.8. The molecule has 0 fully saturated rings. The fraction of sp³-hybridized carbons (Fsp3) is 0.250. The molecule has 0 radical (unpaired) electrons. The third-order valence-electron chi connectivity index (χ3n) is 4.44. The van der Waals surface area contributed by atoms with Crippen LogP contribution in [0.3, 0.4) is 0 Å². The Hall–Kier alpha value is -3.39. The average molecular weight is 381 g/mol. The van der Waals surface area contributed by atoms with Gasteiger partial charge in [0.25, 0.3) is 5.91 Å². The lowest BCUT2D eigenvalue weighted by molar-refractivity contribution is -0.120. The van der Waals surface area contributed by atoms with Crippen molar-refractivity contribution >= 4 is 40.2 Å². The molecule has 0 atom stereocenters. The maximum Gasteiger partial charge on any atom is 0.256 e. The van der Waals surface area contributed by atoms with Gasteiger partial charge in [0.15, 0.2) is 0 Å². The van der Waals surface area contributed by atoms with Gasteiger partial charge in [0.2, 0.25) is 11.8 Å². The van der Waals surface area contributed by atoms with Crippen LogP contribution in [0.5, 0.6) is 0 Å². The molecule has 6 N–H and O–H groups in total. The molecule has 28 heavy (non-hydrogen) atoms. The number of aromatic amines is 1. The molecular formula is C20H23N5O3. The van der Waals surface area contributed by atoms with E-state index in [-0.39, 0.29) is 24.1 Å². The van der Waals surface area contributed by atoms with Crippen molar-refractivity contribution in [2.24, 2.45) is 5.73 Å². The van der Waals surface area contributed by atoms with E-state index in [0.717, 1.165) is 22.4 Å². The highest BCUT2D eigenvalue weighted by atomic mass is 16.2. The zero-order valence-corrected chi connectivity index (χ0v) is 15.8. The number of anilines is 2. The van der Waals surface area contributed by atoms with Crippen LogP contribution in [0.25, 0.3) is 11.1 Å². The smallest absolute Gasteiger partial charge is 0.256 e. The van der Waals surface area contributed by atoms with E-state index in [1.54, 1.807) is 24.4 Å². The highest BCUT2D eigenvalue weighted by Crippen LogP contribution is 2.38. The number of carbonyl (C=O) groups is 3. The standard InChI is InChI=1S/C20H23N5O3/c1-11(17-7-13(10-23-17)8-18(27)22-6-5-21)19-15-9-14(24-12(2)26)3-4-16(15)25-20(19)28/h3-4,7,9-10,23H,5-6,8,21H2,1-2H3,(H,22,27)(H,24,26)(H,25,28). The zero-order chi connectivity index (χ0) is 20.3. The Balaban J connectivity index is 1.89. The van der Waals surface area contributed by atoms with Crippen molar-refractivity contribution in [1.82, 2.24) is 10.3 Å². The molecule has 0 saturated carbocycles. The fourth-order valence-electron chi connectivity index (χ4n) is 3.17. The molecule has 8 heteroatoms. The van der Waals surface area contributed by atoms with Gasteiger partial charge in [-0.2, -0.15) is 0 Å². The molecule has 2 heterocycles. The summed E-state index contributed by atoms with van der Waals surface area (Å²) in [5.74, 6) is -0.490. The number of hydrogen-bond donors (Lipinski definition) is 5. The van der Waals surface area contributed by atoms with Crippen LogP contribution in [0, 0.1) is 0 Å². The minimum Gasteiger partial charge on any atom is -0.361 e. The number of rotatable bonds is 6. The van der Waals surface area contributed by atoms with Crippen LogP contribution in [0.4, 0.5) is 11.4 Å². The first-order valence-corrected chi connectivity index (χ1v) is 8.97. The van der Waals surface area contributed by atoms with Crippen molar-refractivity contribution in [1.29, 1.82) is 0 Å². The minimum absolute atomic E-state index is 0.106. The maximum atomic E-state index is 12.5. The van der Waals surface area contributed by atoms with E-state index in [4.69, 9.17) is 5.73 Å². The predicted octanol–water partition coefficient (Wildman–Crippen LogP) is 1.47. The molecule has 146 valence electrons. The first kappa shape index (κ1) is 19.4. The van der Waals surface area contributed by atoms with Crippen LogP contribution >= 0.6 is 0 Å². The van der Waals surface area contributed by atoms with Crippen molar-refractivity contribution in [3.8, 4) is 0 Å². The number of nitrogens with one attached hydrogen (secondary N) is 4. The molecule has 1 aliphatic heterocycles. The normalized spacial score (nSPS) is 14.3. The molecule has 0 aliphatic carbocycles. The largest absolute Gasteiger partial charge is 0.361 e. The summed E-state index contributed by atoms with van der Waals surface area (Å²) in [6.45, 7) is 4.11. The van der Waals surface area contributed by atoms with Gasteiger partial charge >= 0.3 is 0 Å². The van der Waals surface area contributed by atoms with E-state index in [1.807, 2.05) is 13.0 Å². The number of carbonyl (C=O) groups excluding carboxylic acids is 3. The molecule has 1 aromatic heterocycles. The molecule has 0 bridgehead atoms. The summed E-state index contributed by atoms with van der Waals surface area (Å²) in [5.41, 5.74) is 10.3. The Morgan fingerprint density at radius 3 is 2.68 bits per heavy atom.